The van der Waals surface area contributed by atoms with Gasteiger partial charge < -0.3 is 25.2 Å². The van der Waals surface area contributed by atoms with Gasteiger partial charge in [0.1, 0.15) is 5.75 Å². The molecule has 1 unspecified atom stereocenters. The van der Waals surface area contributed by atoms with Crippen molar-refractivity contribution in [2.75, 3.05) is 13.3 Å². The van der Waals surface area contributed by atoms with Crippen molar-refractivity contribution in [3.8, 4) is 17.2 Å². The lowest BCUT2D eigenvalue weighted by Crippen LogP contribution is -2.38. The maximum Gasteiger partial charge on any atom is 0.315 e. The van der Waals surface area contributed by atoms with Crippen molar-refractivity contribution in [3.63, 3.8) is 0 Å². The second-order valence-corrected chi connectivity index (χ2v) is 5.65. The number of carbonyl (C=O) groups is 1. The Morgan fingerprint density at radius 2 is 2.04 bits per heavy atom. The Labute approximate surface area is 140 Å². The second kappa shape index (κ2) is 7.12. The van der Waals surface area contributed by atoms with Crippen LogP contribution in [0.5, 0.6) is 17.2 Å². The average Bonchev–Trinajstić information content (AvgIpc) is 3.02. The summed E-state index contributed by atoms with van der Waals surface area (Å²) in [5.41, 5.74) is 1.92. The summed E-state index contributed by atoms with van der Waals surface area (Å²) in [6.07, 6.45) is 0.653. The molecule has 1 aliphatic heterocycles. The third-order valence-electron chi connectivity index (χ3n) is 3.85. The molecule has 1 heterocycles. The Balaban J connectivity index is 1.47. The number of hydrogen-bond donors (Lipinski definition) is 3. The summed E-state index contributed by atoms with van der Waals surface area (Å²) in [5.74, 6) is 1.65. The van der Waals surface area contributed by atoms with Gasteiger partial charge in [0.05, 0.1) is 6.04 Å². The molecule has 24 heavy (non-hydrogen) atoms. The third kappa shape index (κ3) is 3.90. The minimum absolute atomic E-state index is 0.153. The number of phenolic OH excluding ortho intramolecular Hbond substituents is 1. The fraction of sp³-hybridized carbons (Fsp3) is 0.278. The van der Waals surface area contributed by atoms with Crippen molar-refractivity contribution in [3.05, 3.63) is 53.6 Å². The van der Waals surface area contributed by atoms with E-state index in [0.29, 0.717) is 18.7 Å². The molecule has 0 saturated heterocycles. The fourth-order valence-electron chi connectivity index (χ4n) is 2.55. The van der Waals surface area contributed by atoms with Crippen LogP contribution in [0.15, 0.2) is 42.5 Å². The Hall–Kier alpha value is -2.89. The topological polar surface area (TPSA) is 79.8 Å². The van der Waals surface area contributed by atoms with E-state index in [-0.39, 0.29) is 24.6 Å². The molecule has 126 valence electrons. The highest BCUT2D eigenvalue weighted by atomic mass is 16.7. The molecule has 0 fully saturated rings. The summed E-state index contributed by atoms with van der Waals surface area (Å²) in [5, 5.41) is 15.1. The van der Waals surface area contributed by atoms with Crippen LogP contribution in [0.3, 0.4) is 0 Å². The molecule has 1 aliphatic rings. The molecule has 0 spiro atoms. The number of carbonyl (C=O) groups excluding carboxylic acids is 1. The zero-order valence-corrected chi connectivity index (χ0v) is 13.4. The van der Waals surface area contributed by atoms with Crippen molar-refractivity contribution in [1.29, 1.82) is 0 Å². The lowest BCUT2D eigenvalue weighted by molar-refractivity contribution is 0.174. The van der Waals surface area contributed by atoms with Crippen LogP contribution in [0.1, 0.15) is 24.1 Å². The van der Waals surface area contributed by atoms with Crippen molar-refractivity contribution < 1.29 is 19.4 Å². The molecule has 0 bridgehead atoms. The van der Waals surface area contributed by atoms with E-state index in [1.807, 2.05) is 31.2 Å². The van der Waals surface area contributed by atoms with Gasteiger partial charge in [0, 0.05) is 6.54 Å². The van der Waals surface area contributed by atoms with E-state index in [4.69, 9.17) is 9.47 Å². The highest BCUT2D eigenvalue weighted by Gasteiger charge is 2.16. The lowest BCUT2D eigenvalue weighted by atomic mass is 10.1. The number of amides is 2. The molecule has 0 saturated carbocycles. The minimum Gasteiger partial charge on any atom is -0.508 e. The number of nitrogens with one attached hydrogen (secondary N) is 2. The van der Waals surface area contributed by atoms with Crippen LogP contribution < -0.4 is 20.1 Å². The summed E-state index contributed by atoms with van der Waals surface area (Å²) in [4.78, 5) is 12.0. The second-order valence-electron chi connectivity index (χ2n) is 5.65. The molecule has 1 atom stereocenters. The number of hydrogen-bond acceptors (Lipinski definition) is 4. The SMILES string of the molecule is CC(NC(=O)NCCc1cccc(O)c1)c1ccc2c(c1)OCO2. The van der Waals surface area contributed by atoms with E-state index >= 15 is 0 Å². The van der Waals surface area contributed by atoms with Crippen molar-refractivity contribution >= 4 is 6.03 Å². The quantitative estimate of drug-likeness (QED) is 0.788. The van der Waals surface area contributed by atoms with Crippen LogP contribution in [-0.2, 0) is 6.42 Å². The van der Waals surface area contributed by atoms with Crippen LogP contribution in [0.2, 0.25) is 0 Å². The van der Waals surface area contributed by atoms with Crippen molar-refractivity contribution in [1.82, 2.24) is 10.6 Å². The smallest absolute Gasteiger partial charge is 0.315 e. The first-order valence-electron chi connectivity index (χ1n) is 7.83. The minimum atomic E-state index is -0.236. The standard InChI is InChI=1S/C18H20N2O4/c1-12(14-5-6-16-17(10-14)24-11-23-16)20-18(22)19-8-7-13-3-2-4-15(21)9-13/h2-6,9-10,12,21H,7-8,11H2,1H3,(H2,19,20,22). The number of benzene rings is 2. The highest BCUT2D eigenvalue weighted by molar-refractivity contribution is 5.74. The van der Waals surface area contributed by atoms with E-state index in [0.717, 1.165) is 16.9 Å². The first kappa shape index (κ1) is 16.0. The number of urea groups is 1. The third-order valence-corrected chi connectivity index (χ3v) is 3.85. The molecule has 2 aromatic carbocycles. The van der Waals surface area contributed by atoms with Gasteiger partial charge in [0.15, 0.2) is 11.5 Å². The molecular weight excluding hydrogens is 308 g/mol. The summed E-state index contributed by atoms with van der Waals surface area (Å²) in [6.45, 7) is 2.63. The summed E-state index contributed by atoms with van der Waals surface area (Å²) >= 11 is 0. The number of aromatic hydroxyl groups is 1. The van der Waals surface area contributed by atoms with E-state index in [9.17, 15) is 9.90 Å². The van der Waals surface area contributed by atoms with Gasteiger partial charge in [0.25, 0.3) is 0 Å². The predicted molar refractivity (Wildman–Crippen MR) is 89.3 cm³/mol. The normalized spacial score (nSPS) is 13.4. The Bertz CT molecular complexity index is 733. The maximum atomic E-state index is 12.0. The molecule has 2 aromatic rings. The van der Waals surface area contributed by atoms with E-state index in [1.54, 1.807) is 18.2 Å². The molecule has 6 heteroatoms. The number of phenols is 1. The predicted octanol–water partition coefficient (Wildman–Crippen LogP) is 2.72. The molecule has 2 amide bonds. The molecule has 3 rings (SSSR count). The van der Waals surface area contributed by atoms with Gasteiger partial charge in [-0.05, 0) is 48.7 Å². The highest BCUT2D eigenvalue weighted by Crippen LogP contribution is 2.34. The van der Waals surface area contributed by atoms with Gasteiger partial charge in [-0.1, -0.05) is 18.2 Å². The molecular formula is C18H20N2O4. The van der Waals surface area contributed by atoms with E-state index in [2.05, 4.69) is 10.6 Å². The van der Waals surface area contributed by atoms with Gasteiger partial charge >= 0.3 is 6.03 Å². The van der Waals surface area contributed by atoms with Crippen LogP contribution >= 0.6 is 0 Å². The van der Waals surface area contributed by atoms with Crippen molar-refractivity contribution in [2.45, 2.75) is 19.4 Å². The van der Waals surface area contributed by atoms with Gasteiger partial charge in [-0.2, -0.15) is 0 Å². The van der Waals surface area contributed by atoms with E-state index < -0.39 is 0 Å². The van der Waals surface area contributed by atoms with E-state index in [1.165, 1.54) is 0 Å². The maximum absolute atomic E-state index is 12.0. The summed E-state index contributed by atoms with van der Waals surface area (Å²) in [6, 6.07) is 12.2. The molecule has 3 N–H and O–H groups in total. The molecule has 0 aromatic heterocycles. The van der Waals surface area contributed by atoms with Crippen LogP contribution in [-0.4, -0.2) is 24.5 Å². The molecule has 6 nitrogen and oxygen atoms in total. The van der Waals surface area contributed by atoms with Crippen LogP contribution in [0, 0.1) is 0 Å². The van der Waals surface area contributed by atoms with Gasteiger partial charge in [-0.25, -0.2) is 4.79 Å². The number of rotatable bonds is 5. The van der Waals surface area contributed by atoms with Gasteiger partial charge in [-0.15, -0.1) is 0 Å². The Morgan fingerprint density at radius 3 is 2.88 bits per heavy atom. The van der Waals surface area contributed by atoms with Gasteiger partial charge in [-0.3, -0.25) is 0 Å². The van der Waals surface area contributed by atoms with Crippen LogP contribution in [0.4, 0.5) is 4.79 Å². The van der Waals surface area contributed by atoms with Crippen molar-refractivity contribution in [2.24, 2.45) is 0 Å². The number of fused-ring (bicyclic) bond motifs is 1. The molecule has 0 aliphatic carbocycles. The molecule has 0 radical (unpaired) electrons. The first-order valence-corrected chi connectivity index (χ1v) is 7.83. The zero-order chi connectivity index (χ0) is 16.9. The average molecular weight is 328 g/mol. The lowest BCUT2D eigenvalue weighted by Gasteiger charge is -2.15. The first-order chi connectivity index (χ1) is 11.6. The van der Waals surface area contributed by atoms with Gasteiger partial charge in [0.2, 0.25) is 6.79 Å². The van der Waals surface area contributed by atoms with Crippen LogP contribution in [0.25, 0.3) is 0 Å². The largest absolute Gasteiger partial charge is 0.508 e. The number of ether oxygens (including phenoxy) is 2. The monoisotopic (exact) mass is 328 g/mol. The summed E-state index contributed by atoms with van der Waals surface area (Å²) in [7, 11) is 0. The zero-order valence-electron chi connectivity index (χ0n) is 13.4. The fourth-order valence-corrected chi connectivity index (χ4v) is 2.55. The Morgan fingerprint density at radius 1 is 1.21 bits per heavy atom. The summed E-state index contributed by atoms with van der Waals surface area (Å²) < 4.78 is 10.6. The Kier molecular flexibility index (Phi) is 4.74.